The predicted molar refractivity (Wildman–Crippen MR) is 94.3 cm³/mol. The molecule has 0 aromatic carbocycles. The van der Waals surface area contributed by atoms with Crippen molar-refractivity contribution in [1.82, 2.24) is 10.6 Å². The Morgan fingerprint density at radius 3 is 2.30 bits per heavy atom. The maximum absolute atomic E-state index is 12.1. The third kappa shape index (κ3) is 6.30. The van der Waals surface area contributed by atoms with E-state index < -0.39 is 0 Å². The van der Waals surface area contributed by atoms with E-state index in [0.29, 0.717) is 49.2 Å². The minimum atomic E-state index is 0. The summed E-state index contributed by atoms with van der Waals surface area (Å²) in [5, 5.41) is 6.03. The molecule has 6 heteroatoms. The summed E-state index contributed by atoms with van der Waals surface area (Å²) in [6, 6.07) is 0.603. The molecule has 0 radical (unpaired) electrons. The van der Waals surface area contributed by atoms with Gasteiger partial charge in [0.15, 0.2) is 0 Å². The number of halogens is 1. The summed E-state index contributed by atoms with van der Waals surface area (Å²) in [4.78, 5) is 23.7. The molecule has 5 nitrogen and oxygen atoms in total. The molecule has 2 saturated carbocycles. The molecule has 2 fully saturated rings. The second-order valence-electron chi connectivity index (χ2n) is 7.47. The molecule has 2 amide bonds. The normalized spacial score (nSPS) is 29.6. The lowest BCUT2D eigenvalue weighted by molar-refractivity contribution is -0.124. The minimum absolute atomic E-state index is 0. The van der Waals surface area contributed by atoms with Gasteiger partial charge in [0, 0.05) is 31.5 Å². The number of amides is 2. The van der Waals surface area contributed by atoms with Crippen LogP contribution in [0.2, 0.25) is 0 Å². The first kappa shape index (κ1) is 20.2. The molecule has 2 bridgehead atoms. The highest BCUT2D eigenvalue weighted by Crippen LogP contribution is 2.39. The van der Waals surface area contributed by atoms with Crippen molar-refractivity contribution >= 4 is 24.2 Å². The van der Waals surface area contributed by atoms with Crippen LogP contribution in [0.4, 0.5) is 0 Å². The lowest BCUT2D eigenvalue weighted by Crippen LogP contribution is -2.54. The van der Waals surface area contributed by atoms with Crippen LogP contribution in [-0.4, -0.2) is 30.4 Å². The fraction of sp³-hybridized carbons (Fsp3) is 0.882. The quantitative estimate of drug-likeness (QED) is 0.688. The lowest BCUT2D eigenvalue weighted by Gasteiger charge is -2.45. The first-order chi connectivity index (χ1) is 10.5. The standard InChI is InChI=1S/C17H31N3O2.ClH/c1-11(2)8-16(22)19-7-6-15(21)20-17-12-4-3-5-13(17)10-14(18)9-12;/h11-14,17H,3-10,18H2,1-2H3,(H,19,22)(H,20,21);1H. The molecule has 2 atom stereocenters. The smallest absolute Gasteiger partial charge is 0.222 e. The molecule has 134 valence electrons. The van der Waals surface area contributed by atoms with Crippen LogP contribution < -0.4 is 16.4 Å². The van der Waals surface area contributed by atoms with Crippen molar-refractivity contribution in [2.24, 2.45) is 23.5 Å². The number of rotatable bonds is 6. The maximum Gasteiger partial charge on any atom is 0.222 e. The van der Waals surface area contributed by atoms with E-state index in [1.54, 1.807) is 0 Å². The molecule has 0 aromatic heterocycles. The average Bonchev–Trinajstić information content (AvgIpc) is 2.39. The van der Waals surface area contributed by atoms with E-state index in [9.17, 15) is 9.59 Å². The van der Waals surface area contributed by atoms with Crippen LogP contribution in [0.3, 0.4) is 0 Å². The third-order valence-electron chi connectivity index (χ3n) is 4.97. The van der Waals surface area contributed by atoms with Crippen LogP contribution >= 0.6 is 12.4 Å². The topological polar surface area (TPSA) is 84.2 Å². The van der Waals surface area contributed by atoms with Crippen LogP contribution in [0.1, 0.15) is 58.8 Å². The Bertz CT molecular complexity index is 389. The number of hydrogen-bond donors (Lipinski definition) is 3. The van der Waals surface area contributed by atoms with Gasteiger partial charge in [0.25, 0.3) is 0 Å². The van der Waals surface area contributed by atoms with Crippen LogP contribution in [0, 0.1) is 17.8 Å². The summed E-state index contributed by atoms with van der Waals surface area (Å²) in [5.74, 6) is 1.52. The summed E-state index contributed by atoms with van der Waals surface area (Å²) >= 11 is 0. The monoisotopic (exact) mass is 345 g/mol. The second kappa shape index (κ2) is 9.48. The largest absolute Gasteiger partial charge is 0.356 e. The molecule has 0 heterocycles. The molecule has 0 aliphatic heterocycles. The van der Waals surface area contributed by atoms with Crippen LogP contribution in [0.5, 0.6) is 0 Å². The summed E-state index contributed by atoms with van der Waals surface area (Å²) in [6.45, 7) is 4.45. The number of nitrogens with two attached hydrogens (primary N) is 1. The van der Waals surface area contributed by atoms with Crippen molar-refractivity contribution in [3.8, 4) is 0 Å². The number of carbonyl (C=O) groups excluding carboxylic acids is 2. The zero-order valence-corrected chi connectivity index (χ0v) is 15.2. The molecule has 2 rings (SSSR count). The average molecular weight is 346 g/mol. The molecule has 23 heavy (non-hydrogen) atoms. The number of carbonyl (C=O) groups is 2. The van der Waals surface area contributed by atoms with E-state index in [0.717, 1.165) is 12.8 Å². The maximum atomic E-state index is 12.1. The number of fused-ring (bicyclic) bond motifs is 2. The van der Waals surface area contributed by atoms with Gasteiger partial charge in [0.2, 0.25) is 11.8 Å². The predicted octanol–water partition coefficient (Wildman–Crippen LogP) is 1.98. The van der Waals surface area contributed by atoms with E-state index in [1.165, 1.54) is 19.3 Å². The molecular formula is C17H32ClN3O2. The Labute approximate surface area is 145 Å². The van der Waals surface area contributed by atoms with E-state index >= 15 is 0 Å². The fourth-order valence-corrected chi connectivity index (χ4v) is 4.04. The Morgan fingerprint density at radius 2 is 1.74 bits per heavy atom. The Balaban J connectivity index is 0.00000264. The van der Waals surface area contributed by atoms with E-state index in [-0.39, 0.29) is 24.2 Å². The highest BCUT2D eigenvalue weighted by molar-refractivity contribution is 5.85. The van der Waals surface area contributed by atoms with Crippen molar-refractivity contribution < 1.29 is 9.59 Å². The lowest BCUT2D eigenvalue weighted by atomic mass is 9.67. The minimum Gasteiger partial charge on any atom is -0.356 e. The molecule has 2 aliphatic rings. The molecular weight excluding hydrogens is 314 g/mol. The van der Waals surface area contributed by atoms with E-state index in [2.05, 4.69) is 10.6 Å². The summed E-state index contributed by atoms with van der Waals surface area (Å²) in [6.07, 6.45) is 6.58. The summed E-state index contributed by atoms with van der Waals surface area (Å²) < 4.78 is 0. The van der Waals surface area contributed by atoms with Gasteiger partial charge in [-0.25, -0.2) is 0 Å². The molecule has 0 saturated heterocycles. The van der Waals surface area contributed by atoms with E-state index in [1.807, 2.05) is 13.8 Å². The van der Waals surface area contributed by atoms with Gasteiger partial charge < -0.3 is 16.4 Å². The van der Waals surface area contributed by atoms with Gasteiger partial charge in [-0.05, 0) is 43.4 Å². The van der Waals surface area contributed by atoms with Gasteiger partial charge in [-0.15, -0.1) is 12.4 Å². The van der Waals surface area contributed by atoms with Gasteiger partial charge in [-0.3, -0.25) is 9.59 Å². The highest BCUT2D eigenvalue weighted by Gasteiger charge is 2.39. The van der Waals surface area contributed by atoms with Crippen LogP contribution in [0.25, 0.3) is 0 Å². The van der Waals surface area contributed by atoms with Crippen molar-refractivity contribution in [2.45, 2.75) is 70.9 Å². The van der Waals surface area contributed by atoms with Gasteiger partial charge >= 0.3 is 0 Å². The van der Waals surface area contributed by atoms with Gasteiger partial charge in [-0.2, -0.15) is 0 Å². The molecule has 4 N–H and O–H groups in total. The highest BCUT2D eigenvalue weighted by atomic mass is 35.5. The second-order valence-corrected chi connectivity index (χ2v) is 7.47. The SMILES string of the molecule is CC(C)CC(=O)NCCC(=O)NC1C2CCCC1CC(N)C2.Cl. The van der Waals surface area contributed by atoms with E-state index in [4.69, 9.17) is 5.73 Å². The van der Waals surface area contributed by atoms with Gasteiger partial charge in [0.05, 0.1) is 0 Å². The van der Waals surface area contributed by atoms with Crippen molar-refractivity contribution in [3.05, 3.63) is 0 Å². The van der Waals surface area contributed by atoms with Gasteiger partial charge in [-0.1, -0.05) is 20.3 Å². The van der Waals surface area contributed by atoms with Crippen molar-refractivity contribution in [1.29, 1.82) is 0 Å². The molecule has 0 spiro atoms. The zero-order chi connectivity index (χ0) is 16.1. The van der Waals surface area contributed by atoms with Crippen LogP contribution in [-0.2, 0) is 9.59 Å². The van der Waals surface area contributed by atoms with Crippen molar-refractivity contribution in [2.75, 3.05) is 6.54 Å². The molecule has 0 aromatic rings. The van der Waals surface area contributed by atoms with Gasteiger partial charge in [0.1, 0.15) is 0 Å². The fourth-order valence-electron chi connectivity index (χ4n) is 4.04. The summed E-state index contributed by atoms with van der Waals surface area (Å²) in [5.41, 5.74) is 6.11. The van der Waals surface area contributed by atoms with Crippen molar-refractivity contribution in [3.63, 3.8) is 0 Å². The number of hydrogen-bond acceptors (Lipinski definition) is 3. The zero-order valence-electron chi connectivity index (χ0n) is 14.3. The first-order valence-electron chi connectivity index (χ1n) is 8.77. The van der Waals surface area contributed by atoms with Crippen LogP contribution in [0.15, 0.2) is 0 Å². The Hall–Kier alpha value is -0.810. The summed E-state index contributed by atoms with van der Waals surface area (Å²) in [7, 11) is 0. The number of nitrogens with one attached hydrogen (secondary N) is 2. The molecule has 2 aliphatic carbocycles. The Morgan fingerprint density at radius 1 is 1.13 bits per heavy atom. The Kier molecular flexibility index (Phi) is 8.34. The first-order valence-corrected chi connectivity index (χ1v) is 8.77. The third-order valence-corrected chi connectivity index (χ3v) is 4.97. The molecule has 2 unspecified atom stereocenters.